The Morgan fingerprint density at radius 2 is 2.04 bits per heavy atom. The maximum absolute atomic E-state index is 12.1. The van der Waals surface area contributed by atoms with Crippen LogP contribution in [0, 0.1) is 24.7 Å². The van der Waals surface area contributed by atoms with Gasteiger partial charge in [0.15, 0.2) is 11.7 Å². The average Bonchev–Trinajstić information content (AvgIpc) is 3.38. The molecule has 2 bridgehead atoms. The summed E-state index contributed by atoms with van der Waals surface area (Å²) in [6, 6.07) is 8.08. The summed E-state index contributed by atoms with van der Waals surface area (Å²) in [7, 11) is 0. The van der Waals surface area contributed by atoms with Gasteiger partial charge in [-0.15, -0.1) is 11.3 Å². The van der Waals surface area contributed by atoms with E-state index in [0.29, 0.717) is 23.4 Å². The molecule has 1 heterocycles. The standard InChI is InChI=1S/C21H24N2O3S/c1-13-2-5-15(6-3-13)18-12-27-21(22-18)23-19(24)11-26-20(25)10-17-9-14-4-7-16(17)8-14/h2-3,5-6,12,14,16-17H,4,7-11H2,1H3,(H,22,23,24)/t14-,16-,17-/m1/s1. The predicted octanol–water partition coefficient (Wildman–Crippen LogP) is 4.43. The molecule has 3 atom stereocenters. The molecule has 27 heavy (non-hydrogen) atoms. The molecule has 0 aliphatic heterocycles. The minimum atomic E-state index is -0.346. The van der Waals surface area contributed by atoms with Crippen molar-refractivity contribution in [1.82, 2.24) is 4.98 Å². The molecule has 5 nitrogen and oxygen atoms in total. The summed E-state index contributed by atoms with van der Waals surface area (Å²) >= 11 is 1.36. The fraction of sp³-hybridized carbons (Fsp3) is 0.476. The number of anilines is 1. The molecule has 0 radical (unpaired) electrons. The van der Waals surface area contributed by atoms with Gasteiger partial charge in [-0.1, -0.05) is 36.2 Å². The fourth-order valence-corrected chi connectivity index (χ4v) is 5.12. The van der Waals surface area contributed by atoms with Crippen LogP contribution in [-0.2, 0) is 14.3 Å². The Bertz CT molecular complexity index is 830. The highest BCUT2D eigenvalue weighted by Gasteiger charge is 2.40. The van der Waals surface area contributed by atoms with Crippen LogP contribution in [0.3, 0.4) is 0 Å². The van der Waals surface area contributed by atoms with E-state index in [4.69, 9.17) is 4.74 Å². The molecule has 6 heteroatoms. The third kappa shape index (κ3) is 4.38. The van der Waals surface area contributed by atoms with Crippen molar-refractivity contribution >= 4 is 28.3 Å². The third-order valence-corrected chi connectivity index (χ3v) is 6.53. The topological polar surface area (TPSA) is 68.3 Å². The summed E-state index contributed by atoms with van der Waals surface area (Å²) in [6.45, 7) is 1.79. The number of hydrogen-bond donors (Lipinski definition) is 1. The second-order valence-corrected chi connectivity index (χ2v) is 8.61. The predicted molar refractivity (Wildman–Crippen MR) is 105 cm³/mol. The third-order valence-electron chi connectivity index (χ3n) is 5.78. The second kappa shape index (κ2) is 7.80. The highest BCUT2D eigenvalue weighted by molar-refractivity contribution is 7.14. The van der Waals surface area contributed by atoms with E-state index in [1.807, 2.05) is 36.6 Å². The van der Waals surface area contributed by atoms with E-state index in [9.17, 15) is 9.59 Å². The minimum absolute atomic E-state index is 0.251. The van der Waals surface area contributed by atoms with Crippen LogP contribution in [0.25, 0.3) is 11.3 Å². The molecule has 1 aromatic heterocycles. The second-order valence-electron chi connectivity index (χ2n) is 7.75. The van der Waals surface area contributed by atoms with Gasteiger partial charge < -0.3 is 4.74 Å². The number of carbonyl (C=O) groups excluding carboxylic acids is 2. The average molecular weight is 385 g/mol. The summed E-state index contributed by atoms with van der Waals surface area (Å²) < 4.78 is 5.18. The molecule has 2 aliphatic rings. The molecule has 1 N–H and O–H groups in total. The first-order chi connectivity index (χ1) is 13.1. The quantitative estimate of drug-likeness (QED) is 0.748. The molecule has 1 aromatic carbocycles. The maximum atomic E-state index is 12.1. The Morgan fingerprint density at radius 3 is 2.74 bits per heavy atom. The normalized spacial score (nSPS) is 23.4. The molecule has 142 valence electrons. The van der Waals surface area contributed by atoms with E-state index in [-0.39, 0.29) is 18.5 Å². The van der Waals surface area contributed by atoms with Gasteiger partial charge in [-0.25, -0.2) is 4.98 Å². The maximum Gasteiger partial charge on any atom is 0.306 e. The van der Waals surface area contributed by atoms with Gasteiger partial charge in [0, 0.05) is 17.4 Å². The lowest BCUT2D eigenvalue weighted by atomic mass is 9.86. The van der Waals surface area contributed by atoms with Crippen LogP contribution < -0.4 is 5.32 Å². The van der Waals surface area contributed by atoms with Crippen LogP contribution in [0.15, 0.2) is 29.6 Å². The van der Waals surface area contributed by atoms with E-state index in [1.165, 1.54) is 36.2 Å². The smallest absolute Gasteiger partial charge is 0.306 e. The summed E-state index contributed by atoms with van der Waals surface area (Å²) in [6.07, 6.45) is 5.43. The van der Waals surface area contributed by atoms with Gasteiger partial charge in [-0.2, -0.15) is 0 Å². The molecule has 4 rings (SSSR count). The number of ether oxygens (including phenoxy) is 1. The number of rotatable bonds is 6. The van der Waals surface area contributed by atoms with Crippen molar-refractivity contribution in [2.75, 3.05) is 11.9 Å². The SMILES string of the molecule is Cc1ccc(-c2csc(NC(=O)COC(=O)C[C@H]3C[C@@H]4CC[C@@H]3C4)n2)cc1. The molecular weight excluding hydrogens is 360 g/mol. The lowest BCUT2D eigenvalue weighted by molar-refractivity contribution is -0.148. The Kier molecular flexibility index (Phi) is 5.25. The molecule has 2 fully saturated rings. The zero-order valence-corrected chi connectivity index (χ0v) is 16.3. The van der Waals surface area contributed by atoms with Gasteiger partial charge in [-0.3, -0.25) is 14.9 Å². The molecule has 0 saturated heterocycles. The van der Waals surface area contributed by atoms with E-state index in [0.717, 1.165) is 23.6 Å². The lowest BCUT2D eigenvalue weighted by Gasteiger charge is -2.20. The first-order valence-electron chi connectivity index (χ1n) is 9.55. The Balaban J connectivity index is 1.23. The summed E-state index contributed by atoms with van der Waals surface area (Å²) in [5, 5.41) is 5.13. The van der Waals surface area contributed by atoms with Crippen LogP contribution in [-0.4, -0.2) is 23.5 Å². The van der Waals surface area contributed by atoms with Gasteiger partial charge >= 0.3 is 5.97 Å². The number of amides is 1. The first-order valence-corrected chi connectivity index (χ1v) is 10.4. The monoisotopic (exact) mass is 384 g/mol. The van der Waals surface area contributed by atoms with Crippen LogP contribution in [0.2, 0.25) is 0 Å². The van der Waals surface area contributed by atoms with Gasteiger partial charge in [0.1, 0.15) is 0 Å². The molecule has 2 saturated carbocycles. The lowest BCUT2D eigenvalue weighted by Crippen LogP contribution is -2.23. The molecule has 2 aromatic rings. The number of aromatic nitrogens is 1. The summed E-state index contributed by atoms with van der Waals surface area (Å²) in [5.41, 5.74) is 3.02. The number of benzene rings is 1. The number of carbonyl (C=O) groups is 2. The van der Waals surface area contributed by atoms with Crippen molar-refractivity contribution in [2.24, 2.45) is 17.8 Å². The van der Waals surface area contributed by atoms with Gasteiger partial charge in [0.05, 0.1) is 5.69 Å². The number of hydrogen-bond acceptors (Lipinski definition) is 5. The number of nitrogens with zero attached hydrogens (tertiary/aromatic N) is 1. The van der Waals surface area contributed by atoms with Crippen molar-refractivity contribution in [2.45, 2.75) is 39.0 Å². The Labute approximate surface area is 163 Å². The van der Waals surface area contributed by atoms with Crippen molar-refractivity contribution in [1.29, 1.82) is 0 Å². The number of thiazole rings is 1. The fourth-order valence-electron chi connectivity index (χ4n) is 4.39. The van der Waals surface area contributed by atoms with E-state index < -0.39 is 0 Å². The number of fused-ring (bicyclic) bond motifs is 2. The van der Waals surface area contributed by atoms with Crippen molar-refractivity contribution < 1.29 is 14.3 Å². The van der Waals surface area contributed by atoms with Crippen LogP contribution in [0.1, 0.15) is 37.7 Å². The molecule has 1 amide bonds. The minimum Gasteiger partial charge on any atom is -0.456 e. The highest BCUT2D eigenvalue weighted by Crippen LogP contribution is 2.49. The first kappa shape index (κ1) is 18.2. The number of esters is 1. The molecular formula is C21H24N2O3S. The van der Waals surface area contributed by atoms with Gasteiger partial charge in [0.2, 0.25) is 0 Å². The van der Waals surface area contributed by atoms with E-state index in [1.54, 1.807) is 0 Å². The zero-order chi connectivity index (χ0) is 18.8. The van der Waals surface area contributed by atoms with Crippen molar-refractivity contribution in [3.05, 3.63) is 35.2 Å². The molecule has 2 aliphatic carbocycles. The van der Waals surface area contributed by atoms with Crippen molar-refractivity contribution in [3.63, 3.8) is 0 Å². The highest BCUT2D eigenvalue weighted by atomic mass is 32.1. The van der Waals surface area contributed by atoms with Gasteiger partial charge in [-0.05, 0) is 43.9 Å². The Morgan fingerprint density at radius 1 is 1.22 bits per heavy atom. The molecule has 0 spiro atoms. The van der Waals surface area contributed by atoms with Crippen LogP contribution >= 0.6 is 11.3 Å². The number of nitrogens with one attached hydrogen (secondary N) is 1. The van der Waals surface area contributed by atoms with E-state index in [2.05, 4.69) is 10.3 Å². The van der Waals surface area contributed by atoms with Crippen molar-refractivity contribution in [3.8, 4) is 11.3 Å². The number of aryl methyl sites for hydroxylation is 1. The van der Waals surface area contributed by atoms with Crippen LogP contribution in [0.5, 0.6) is 0 Å². The Hall–Kier alpha value is -2.21. The van der Waals surface area contributed by atoms with Crippen LogP contribution in [0.4, 0.5) is 5.13 Å². The summed E-state index contributed by atoms with van der Waals surface area (Å²) in [4.78, 5) is 28.5. The summed E-state index contributed by atoms with van der Waals surface area (Å²) in [5.74, 6) is 1.34. The zero-order valence-electron chi connectivity index (χ0n) is 15.4. The largest absolute Gasteiger partial charge is 0.456 e. The van der Waals surface area contributed by atoms with E-state index >= 15 is 0 Å². The van der Waals surface area contributed by atoms with Gasteiger partial charge in [0.25, 0.3) is 5.91 Å². The molecule has 0 unspecified atom stereocenters.